The molecule has 0 unspecified atom stereocenters. The molecule has 0 fully saturated rings. The molecule has 0 saturated carbocycles. The predicted molar refractivity (Wildman–Crippen MR) is 49.2 cm³/mol. The number of esters is 1. The Morgan fingerprint density at radius 2 is 2.15 bits per heavy atom. The van der Waals surface area contributed by atoms with Gasteiger partial charge >= 0.3 is 5.97 Å². The van der Waals surface area contributed by atoms with Crippen LogP contribution in [0, 0.1) is 0 Å². The second kappa shape index (κ2) is 7.58. The quantitative estimate of drug-likeness (QED) is 0.437. The topological polar surface area (TPSA) is 46.6 Å². The number of hydrogen-bond acceptors (Lipinski definition) is 3. The molecule has 0 aliphatic carbocycles. The van der Waals surface area contributed by atoms with Crippen molar-refractivity contribution in [2.75, 3.05) is 20.2 Å². The van der Waals surface area contributed by atoms with E-state index >= 15 is 0 Å². The Morgan fingerprint density at radius 3 is 2.62 bits per heavy atom. The predicted octanol–water partition coefficient (Wildman–Crippen LogP) is 0.808. The standard InChI is InChI=1S/C9H17NO3/c1-3-6-10(8-11)7-4-5-9(12)13-2/h8H,3-7H2,1-2H3. The highest BCUT2D eigenvalue weighted by molar-refractivity contribution is 5.69. The highest BCUT2D eigenvalue weighted by Crippen LogP contribution is 1.95. The monoisotopic (exact) mass is 187 g/mol. The van der Waals surface area contributed by atoms with E-state index in [-0.39, 0.29) is 5.97 Å². The minimum atomic E-state index is -0.220. The molecule has 13 heavy (non-hydrogen) atoms. The third-order valence-corrected chi connectivity index (χ3v) is 1.71. The summed E-state index contributed by atoms with van der Waals surface area (Å²) < 4.78 is 4.48. The van der Waals surface area contributed by atoms with Crippen LogP contribution in [0.15, 0.2) is 0 Å². The Balaban J connectivity index is 3.48. The van der Waals surface area contributed by atoms with Crippen LogP contribution < -0.4 is 0 Å². The van der Waals surface area contributed by atoms with Crippen LogP contribution in [0.4, 0.5) is 0 Å². The summed E-state index contributed by atoms with van der Waals surface area (Å²) in [5.41, 5.74) is 0. The van der Waals surface area contributed by atoms with E-state index < -0.39 is 0 Å². The van der Waals surface area contributed by atoms with Crippen LogP contribution in [-0.4, -0.2) is 37.5 Å². The first-order valence-electron chi connectivity index (χ1n) is 4.50. The largest absolute Gasteiger partial charge is 0.469 e. The maximum atomic E-state index is 10.7. The fraction of sp³-hybridized carbons (Fsp3) is 0.778. The second-order valence-corrected chi connectivity index (χ2v) is 2.82. The lowest BCUT2D eigenvalue weighted by atomic mass is 10.3. The first-order chi connectivity index (χ1) is 6.24. The van der Waals surface area contributed by atoms with Crippen molar-refractivity contribution in [3.8, 4) is 0 Å². The lowest BCUT2D eigenvalue weighted by molar-refractivity contribution is -0.141. The molecule has 0 aromatic heterocycles. The SMILES string of the molecule is CCCN(C=O)CCCC(=O)OC. The molecular formula is C9H17NO3. The summed E-state index contributed by atoms with van der Waals surface area (Å²) in [4.78, 5) is 22.8. The van der Waals surface area contributed by atoms with Gasteiger partial charge in [0.25, 0.3) is 0 Å². The fourth-order valence-electron chi connectivity index (χ4n) is 1.03. The second-order valence-electron chi connectivity index (χ2n) is 2.82. The number of nitrogens with zero attached hydrogens (tertiary/aromatic N) is 1. The van der Waals surface area contributed by atoms with Crippen LogP contribution in [0.25, 0.3) is 0 Å². The van der Waals surface area contributed by atoms with Crippen LogP contribution in [0.1, 0.15) is 26.2 Å². The molecule has 0 rings (SSSR count). The first kappa shape index (κ1) is 11.9. The van der Waals surface area contributed by atoms with Crippen molar-refractivity contribution >= 4 is 12.4 Å². The molecule has 0 saturated heterocycles. The Labute approximate surface area is 78.9 Å². The Hall–Kier alpha value is -1.06. The van der Waals surface area contributed by atoms with Gasteiger partial charge in [0.1, 0.15) is 0 Å². The molecule has 0 aliphatic rings. The number of methoxy groups -OCH3 is 1. The number of amides is 1. The van der Waals surface area contributed by atoms with Crippen molar-refractivity contribution < 1.29 is 14.3 Å². The van der Waals surface area contributed by atoms with E-state index in [2.05, 4.69) is 4.74 Å². The molecule has 0 spiro atoms. The summed E-state index contributed by atoms with van der Waals surface area (Å²) in [5, 5.41) is 0. The summed E-state index contributed by atoms with van der Waals surface area (Å²) in [7, 11) is 1.37. The first-order valence-corrected chi connectivity index (χ1v) is 4.50. The van der Waals surface area contributed by atoms with E-state index in [1.807, 2.05) is 6.92 Å². The minimum absolute atomic E-state index is 0.220. The van der Waals surface area contributed by atoms with Gasteiger partial charge in [-0.3, -0.25) is 9.59 Å². The van der Waals surface area contributed by atoms with Gasteiger partial charge in [0.15, 0.2) is 0 Å². The maximum Gasteiger partial charge on any atom is 0.305 e. The average molecular weight is 187 g/mol. The average Bonchev–Trinajstić information content (AvgIpc) is 2.16. The van der Waals surface area contributed by atoms with E-state index in [9.17, 15) is 9.59 Å². The number of carbonyl (C=O) groups is 2. The van der Waals surface area contributed by atoms with E-state index in [0.717, 1.165) is 19.4 Å². The summed E-state index contributed by atoms with van der Waals surface area (Å²) >= 11 is 0. The van der Waals surface area contributed by atoms with E-state index in [0.29, 0.717) is 19.4 Å². The lowest BCUT2D eigenvalue weighted by Crippen LogP contribution is -2.24. The molecule has 76 valence electrons. The number of ether oxygens (including phenoxy) is 1. The van der Waals surface area contributed by atoms with Gasteiger partial charge in [-0.15, -0.1) is 0 Å². The smallest absolute Gasteiger partial charge is 0.305 e. The molecule has 0 radical (unpaired) electrons. The summed E-state index contributed by atoms with van der Waals surface area (Å²) in [6.07, 6.45) is 2.81. The van der Waals surface area contributed by atoms with Gasteiger partial charge in [0.2, 0.25) is 6.41 Å². The molecule has 1 amide bonds. The summed E-state index contributed by atoms with van der Waals surface area (Å²) in [6.45, 7) is 3.40. The van der Waals surface area contributed by atoms with Gasteiger partial charge in [-0.05, 0) is 12.8 Å². The normalized spacial score (nSPS) is 9.38. The number of rotatable bonds is 7. The molecular weight excluding hydrogens is 170 g/mol. The molecule has 0 bridgehead atoms. The molecule has 4 heteroatoms. The molecule has 0 aromatic carbocycles. The van der Waals surface area contributed by atoms with Gasteiger partial charge in [0.05, 0.1) is 7.11 Å². The number of hydrogen-bond donors (Lipinski definition) is 0. The third-order valence-electron chi connectivity index (χ3n) is 1.71. The van der Waals surface area contributed by atoms with Crippen molar-refractivity contribution in [1.29, 1.82) is 0 Å². The number of carbonyl (C=O) groups excluding carboxylic acids is 2. The van der Waals surface area contributed by atoms with Crippen molar-refractivity contribution in [2.45, 2.75) is 26.2 Å². The van der Waals surface area contributed by atoms with E-state index in [1.54, 1.807) is 4.90 Å². The van der Waals surface area contributed by atoms with Crippen molar-refractivity contribution in [3.63, 3.8) is 0 Å². The van der Waals surface area contributed by atoms with E-state index in [4.69, 9.17) is 0 Å². The summed E-state index contributed by atoms with van der Waals surface area (Å²) in [6, 6.07) is 0. The highest BCUT2D eigenvalue weighted by Gasteiger charge is 2.03. The minimum Gasteiger partial charge on any atom is -0.469 e. The molecule has 4 nitrogen and oxygen atoms in total. The Morgan fingerprint density at radius 1 is 1.46 bits per heavy atom. The molecule has 0 aliphatic heterocycles. The summed E-state index contributed by atoms with van der Waals surface area (Å²) in [5.74, 6) is -0.220. The van der Waals surface area contributed by atoms with Crippen LogP contribution in [0.2, 0.25) is 0 Å². The Kier molecular flexibility index (Phi) is 6.96. The van der Waals surface area contributed by atoms with Gasteiger partial charge in [-0.2, -0.15) is 0 Å². The van der Waals surface area contributed by atoms with Crippen molar-refractivity contribution in [2.24, 2.45) is 0 Å². The van der Waals surface area contributed by atoms with Crippen LogP contribution in [0.5, 0.6) is 0 Å². The van der Waals surface area contributed by atoms with Gasteiger partial charge in [-0.25, -0.2) is 0 Å². The Bertz CT molecular complexity index is 159. The van der Waals surface area contributed by atoms with Crippen LogP contribution in [0.3, 0.4) is 0 Å². The zero-order valence-electron chi connectivity index (χ0n) is 8.28. The van der Waals surface area contributed by atoms with Crippen LogP contribution in [-0.2, 0) is 14.3 Å². The third kappa shape index (κ3) is 6.13. The van der Waals surface area contributed by atoms with Gasteiger partial charge in [0, 0.05) is 19.5 Å². The lowest BCUT2D eigenvalue weighted by Gasteiger charge is -2.15. The zero-order valence-corrected chi connectivity index (χ0v) is 8.28. The van der Waals surface area contributed by atoms with Crippen LogP contribution >= 0.6 is 0 Å². The highest BCUT2D eigenvalue weighted by atomic mass is 16.5. The fourth-order valence-corrected chi connectivity index (χ4v) is 1.03. The molecule has 0 N–H and O–H groups in total. The molecule has 0 atom stereocenters. The van der Waals surface area contributed by atoms with Gasteiger partial charge in [-0.1, -0.05) is 6.92 Å². The zero-order chi connectivity index (χ0) is 10.1. The van der Waals surface area contributed by atoms with E-state index in [1.165, 1.54) is 7.11 Å². The maximum absolute atomic E-state index is 10.7. The van der Waals surface area contributed by atoms with Crippen molar-refractivity contribution in [1.82, 2.24) is 4.90 Å². The van der Waals surface area contributed by atoms with Gasteiger partial charge < -0.3 is 9.64 Å². The molecule has 0 heterocycles. The van der Waals surface area contributed by atoms with Crippen molar-refractivity contribution in [3.05, 3.63) is 0 Å². The molecule has 0 aromatic rings.